The Morgan fingerprint density at radius 2 is 2.35 bits per heavy atom. The van der Waals surface area contributed by atoms with Gasteiger partial charge in [0.15, 0.2) is 0 Å². The normalized spacial score (nSPS) is 15.3. The molecule has 0 amide bonds. The smallest absolute Gasteiger partial charge is 0.284 e. The second-order valence-corrected chi connectivity index (χ2v) is 5.36. The van der Waals surface area contributed by atoms with Crippen molar-refractivity contribution in [2.24, 2.45) is 0 Å². The van der Waals surface area contributed by atoms with Gasteiger partial charge in [0.2, 0.25) is 0 Å². The summed E-state index contributed by atoms with van der Waals surface area (Å²) in [7, 11) is 2.07. The van der Waals surface area contributed by atoms with Crippen molar-refractivity contribution in [3.63, 3.8) is 0 Å². The van der Waals surface area contributed by atoms with Crippen LogP contribution in [0.25, 0.3) is 11.5 Å². The minimum Gasteiger partial charge on any atom is -0.409 e. The molecule has 1 N–H and O–H groups in total. The van der Waals surface area contributed by atoms with Crippen molar-refractivity contribution in [3.05, 3.63) is 32.5 Å². The zero-order valence-corrected chi connectivity index (χ0v) is 12.3. The first kappa shape index (κ1) is 13.3. The molecule has 0 atom stereocenters. The third-order valence-electron chi connectivity index (χ3n) is 3.65. The predicted molar refractivity (Wildman–Crippen MR) is 77.1 cm³/mol. The maximum absolute atomic E-state index is 12.6. The summed E-state index contributed by atoms with van der Waals surface area (Å²) in [5.41, 5.74) is 2.67. The van der Waals surface area contributed by atoms with Gasteiger partial charge in [-0.1, -0.05) is 0 Å². The van der Waals surface area contributed by atoms with Crippen molar-refractivity contribution >= 4 is 12.2 Å². The lowest BCUT2D eigenvalue weighted by Gasteiger charge is -2.27. The molecular formula is C13H16N4O2S. The quantitative estimate of drug-likeness (QED) is 0.851. The number of nitrogens with one attached hydrogen (secondary N) is 1. The van der Waals surface area contributed by atoms with Crippen LogP contribution in [0, 0.1) is 4.84 Å². The van der Waals surface area contributed by atoms with E-state index in [0.717, 1.165) is 30.8 Å². The van der Waals surface area contributed by atoms with E-state index < -0.39 is 0 Å². The number of aromatic amines is 1. The zero-order chi connectivity index (χ0) is 14.3. The van der Waals surface area contributed by atoms with Gasteiger partial charge in [0, 0.05) is 31.7 Å². The molecule has 2 aromatic rings. The van der Waals surface area contributed by atoms with Crippen molar-refractivity contribution in [3.8, 4) is 11.5 Å². The van der Waals surface area contributed by atoms with Gasteiger partial charge in [-0.3, -0.25) is 4.79 Å². The van der Waals surface area contributed by atoms with Gasteiger partial charge in [0.05, 0.1) is 0 Å². The van der Waals surface area contributed by atoms with Gasteiger partial charge in [0.25, 0.3) is 16.3 Å². The molecule has 0 aromatic carbocycles. The average molecular weight is 292 g/mol. The molecule has 2 aromatic heterocycles. The van der Waals surface area contributed by atoms with Gasteiger partial charge in [-0.15, -0.1) is 5.10 Å². The van der Waals surface area contributed by atoms with Crippen molar-refractivity contribution in [1.82, 2.24) is 19.7 Å². The van der Waals surface area contributed by atoms with Crippen molar-refractivity contribution < 1.29 is 4.42 Å². The predicted octanol–water partition coefficient (Wildman–Crippen LogP) is 1.57. The highest BCUT2D eigenvalue weighted by molar-refractivity contribution is 7.71. The van der Waals surface area contributed by atoms with Crippen LogP contribution in [0.4, 0.5) is 0 Å². The zero-order valence-electron chi connectivity index (χ0n) is 11.5. The van der Waals surface area contributed by atoms with E-state index in [0.29, 0.717) is 12.1 Å². The Kier molecular flexibility index (Phi) is 3.31. The fraction of sp³-hybridized carbons (Fsp3) is 0.462. The average Bonchev–Trinajstić information content (AvgIpc) is 2.85. The third-order valence-corrected chi connectivity index (χ3v) is 3.82. The second kappa shape index (κ2) is 4.99. The summed E-state index contributed by atoms with van der Waals surface area (Å²) in [6, 6.07) is 1.88. The number of aromatic nitrogens is 3. The molecule has 1 aliphatic heterocycles. The first-order valence-electron chi connectivity index (χ1n) is 6.60. The molecule has 0 saturated carbocycles. The molecule has 3 rings (SSSR count). The molecule has 0 saturated heterocycles. The topological polar surface area (TPSA) is 67.1 Å². The van der Waals surface area contributed by atoms with E-state index in [4.69, 9.17) is 16.6 Å². The fourth-order valence-electron chi connectivity index (χ4n) is 2.69. The van der Waals surface area contributed by atoms with E-state index in [9.17, 15) is 4.79 Å². The van der Waals surface area contributed by atoms with Crippen LogP contribution in [0.1, 0.15) is 18.2 Å². The summed E-state index contributed by atoms with van der Waals surface area (Å²) in [6.07, 6.45) is 0.888. The first-order chi connectivity index (χ1) is 9.60. The van der Waals surface area contributed by atoms with Gasteiger partial charge in [-0.05, 0) is 37.8 Å². The molecule has 0 bridgehead atoms. The summed E-state index contributed by atoms with van der Waals surface area (Å²) in [6.45, 7) is 4.41. The number of hydrogen-bond acceptors (Lipinski definition) is 5. The number of hydrogen-bond donors (Lipinski definition) is 1. The second-order valence-electron chi connectivity index (χ2n) is 4.99. The van der Waals surface area contributed by atoms with Gasteiger partial charge in [-0.25, -0.2) is 5.10 Å². The maximum Gasteiger partial charge on any atom is 0.284 e. The molecule has 0 spiro atoms. The van der Waals surface area contributed by atoms with Gasteiger partial charge in [-0.2, -0.15) is 0 Å². The Morgan fingerprint density at radius 3 is 3.00 bits per heavy atom. The molecule has 6 nitrogen and oxygen atoms in total. The maximum atomic E-state index is 12.6. The number of pyridine rings is 1. The summed E-state index contributed by atoms with van der Waals surface area (Å²) in [4.78, 5) is 15.0. The molecule has 106 valence electrons. The van der Waals surface area contributed by atoms with Crippen molar-refractivity contribution in [2.75, 3.05) is 13.6 Å². The molecule has 20 heavy (non-hydrogen) atoms. The molecule has 0 radical (unpaired) electrons. The minimum absolute atomic E-state index is 0.0685. The highest BCUT2D eigenvalue weighted by atomic mass is 32.1. The summed E-state index contributed by atoms with van der Waals surface area (Å²) < 4.78 is 7.10. The van der Waals surface area contributed by atoms with Gasteiger partial charge >= 0.3 is 0 Å². The lowest BCUT2D eigenvalue weighted by atomic mass is 10.0. The first-order valence-corrected chi connectivity index (χ1v) is 7.01. The number of H-pyrrole nitrogens is 1. The van der Waals surface area contributed by atoms with E-state index in [2.05, 4.69) is 22.1 Å². The molecule has 7 heteroatoms. The van der Waals surface area contributed by atoms with E-state index in [1.807, 2.05) is 17.6 Å². The summed E-state index contributed by atoms with van der Waals surface area (Å²) >= 11 is 4.88. The largest absolute Gasteiger partial charge is 0.409 e. The monoisotopic (exact) mass is 292 g/mol. The number of nitrogens with zero attached hydrogens (tertiary/aromatic N) is 3. The van der Waals surface area contributed by atoms with Crippen molar-refractivity contribution in [1.29, 1.82) is 0 Å². The van der Waals surface area contributed by atoms with Crippen molar-refractivity contribution in [2.45, 2.75) is 26.4 Å². The van der Waals surface area contributed by atoms with Gasteiger partial charge in [0.1, 0.15) is 5.56 Å². The SMILES string of the molecule is CCn1c2c(cc(-c3n[nH]c(=S)o3)c1=O)CN(C)CC2. The van der Waals surface area contributed by atoms with E-state index in [1.54, 1.807) is 0 Å². The Hall–Kier alpha value is -1.73. The van der Waals surface area contributed by atoms with E-state index in [1.165, 1.54) is 0 Å². The lowest BCUT2D eigenvalue weighted by Crippen LogP contribution is -2.34. The molecule has 3 heterocycles. The molecule has 0 unspecified atom stereocenters. The minimum atomic E-state index is -0.0685. The molecule has 1 aliphatic rings. The fourth-order valence-corrected chi connectivity index (χ4v) is 2.82. The van der Waals surface area contributed by atoms with Crippen LogP contribution in [0.2, 0.25) is 0 Å². The molecular weight excluding hydrogens is 276 g/mol. The number of fused-ring (bicyclic) bond motifs is 1. The summed E-state index contributed by atoms with van der Waals surface area (Å²) in [5, 5.41) is 6.53. The van der Waals surface area contributed by atoms with Crippen LogP contribution in [-0.2, 0) is 19.5 Å². The van der Waals surface area contributed by atoms with Gasteiger partial charge < -0.3 is 13.9 Å². The summed E-state index contributed by atoms with van der Waals surface area (Å²) in [5.74, 6) is 0.262. The lowest BCUT2D eigenvalue weighted by molar-refractivity contribution is 0.304. The number of likely N-dealkylation sites (N-methyl/N-ethyl adjacent to an activating group) is 1. The van der Waals surface area contributed by atoms with Crippen LogP contribution >= 0.6 is 12.2 Å². The Morgan fingerprint density at radius 1 is 1.55 bits per heavy atom. The molecule has 0 aliphatic carbocycles. The van der Waals surface area contributed by atoms with Crippen LogP contribution in [0.5, 0.6) is 0 Å². The van der Waals surface area contributed by atoms with Crippen LogP contribution in [0.3, 0.4) is 0 Å². The highest BCUT2D eigenvalue weighted by Crippen LogP contribution is 2.22. The Balaban J connectivity index is 2.24. The number of rotatable bonds is 2. The van der Waals surface area contributed by atoms with E-state index in [-0.39, 0.29) is 16.3 Å². The Bertz CT molecular complexity index is 758. The van der Waals surface area contributed by atoms with E-state index >= 15 is 0 Å². The highest BCUT2D eigenvalue weighted by Gasteiger charge is 2.21. The third kappa shape index (κ3) is 2.12. The Labute approximate surface area is 121 Å². The van der Waals surface area contributed by atoms with Crippen LogP contribution < -0.4 is 5.56 Å². The van der Waals surface area contributed by atoms with Crippen LogP contribution in [-0.4, -0.2) is 33.3 Å². The van der Waals surface area contributed by atoms with Crippen LogP contribution in [0.15, 0.2) is 15.3 Å². The standard InChI is InChI=1S/C13H16N4O2S/c1-3-17-10-4-5-16(2)7-8(10)6-9(12(17)18)11-14-15-13(20)19-11/h6H,3-5,7H2,1-2H3,(H,15,20). The molecule has 0 fully saturated rings.